The van der Waals surface area contributed by atoms with Crippen LogP contribution in [0.4, 0.5) is 0 Å². The number of ether oxygens (including phenoxy) is 1. The molecule has 0 radical (unpaired) electrons. The summed E-state index contributed by atoms with van der Waals surface area (Å²) in [4.78, 5) is 4.65. The zero-order valence-corrected chi connectivity index (χ0v) is 12.7. The molecule has 0 amide bonds. The Hall–Kier alpha value is -0.970. The molecule has 0 saturated carbocycles. The molecular formula is C16H26N2O2. The third kappa shape index (κ3) is 4.54. The van der Waals surface area contributed by atoms with Crippen molar-refractivity contribution in [3.8, 4) is 0 Å². The second kappa shape index (κ2) is 6.66. The molecule has 1 saturated heterocycles. The van der Waals surface area contributed by atoms with Crippen LogP contribution in [0.25, 0.3) is 0 Å². The Balaban J connectivity index is 2.01. The summed E-state index contributed by atoms with van der Waals surface area (Å²) in [6.07, 6.45) is 1.48. The van der Waals surface area contributed by atoms with Crippen LogP contribution in [0.15, 0.2) is 18.2 Å². The second-order valence-electron chi connectivity index (χ2n) is 6.52. The molecule has 1 aliphatic rings. The van der Waals surface area contributed by atoms with Crippen molar-refractivity contribution in [3.63, 3.8) is 0 Å². The average Bonchev–Trinajstić information content (AvgIpc) is 2.45. The minimum absolute atomic E-state index is 0.000695. The van der Waals surface area contributed by atoms with Crippen molar-refractivity contribution in [1.82, 2.24) is 10.3 Å². The molecule has 1 fully saturated rings. The smallest absolute Gasteiger partial charge is 0.108 e. The predicted octanol–water partition coefficient (Wildman–Crippen LogP) is 2.40. The Morgan fingerprint density at radius 3 is 2.70 bits per heavy atom. The molecule has 0 aromatic carbocycles. The lowest BCUT2D eigenvalue weighted by molar-refractivity contribution is 0.0842. The SMILES string of the molecule is CC(C)(C)NCC(O)c1cccc(C2CCOCC2)n1. The number of nitrogens with one attached hydrogen (secondary N) is 1. The van der Waals surface area contributed by atoms with Crippen LogP contribution in [-0.4, -0.2) is 35.4 Å². The molecule has 4 heteroatoms. The molecule has 2 N–H and O–H groups in total. The second-order valence-corrected chi connectivity index (χ2v) is 6.52. The van der Waals surface area contributed by atoms with Crippen LogP contribution in [0.5, 0.6) is 0 Å². The molecular weight excluding hydrogens is 252 g/mol. The Morgan fingerprint density at radius 1 is 1.35 bits per heavy atom. The Labute approximate surface area is 121 Å². The van der Waals surface area contributed by atoms with Gasteiger partial charge in [-0.05, 0) is 45.7 Å². The fourth-order valence-corrected chi connectivity index (χ4v) is 2.38. The first-order valence-corrected chi connectivity index (χ1v) is 7.43. The summed E-state index contributed by atoms with van der Waals surface area (Å²) in [5.41, 5.74) is 1.84. The van der Waals surface area contributed by atoms with E-state index in [1.165, 1.54) is 0 Å². The minimum atomic E-state index is -0.561. The number of hydrogen-bond donors (Lipinski definition) is 2. The number of aliphatic hydroxyl groups is 1. The molecule has 2 rings (SSSR count). The van der Waals surface area contributed by atoms with E-state index >= 15 is 0 Å². The zero-order valence-electron chi connectivity index (χ0n) is 12.7. The molecule has 1 atom stereocenters. The first-order valence-electron chi connectivity index (χ1n) is 7.43. The molecule has 0 bridgehead atoms. The highest BCUT2D eigenvalue weighted by atomic mass is 16.5. The van der Waals surface area contributed by atoms with Gasteiger partial charge in [0, 0.05) is 36.9 Å². The fraction of sp³-hybridized carbons (Fsp3) is 0.688. The van der Waals surface area contributed by atoms with E-state index in [9.17, 15) is 5.11 Å². The van der Waals surface area contributed by atoms with Gasteiger partial charge >= 0.3 is 0 Å². The van der Waals surface area contributed by atoms with Crippen molar-refractivity contribution in [2.24, 2.45) is 0 Å². The highest BCUT2D eigenvalue weighted by molar-refractivity contribution is 5.17. The average molecular weight is 278 g/mol. The summed E-state index contributed by atoms with van der Waals surface area (Å²) in [5, 5.41) is 13.6. The van der Waals surface area contributed by atoms with Gasteiger partial charge in [-0.15, -0.1) is 0 Å². The molecule has 4 nitrogen and oxygen atoms in total. The van der Waals surface area contributed by atoms with Gasteiger partial charge in [-0.2, -0.15) is 0 Å². The highest BCUT2D eigenvalue weighted by Crippen LogP contribution is 2.26. The number of β-amino-alcohol motifs (C(OH)–C–C–N with tert-alkyl or cyclic N) is 1. The Morgan fingerprint density at radius 2 is 2.05 bits per heavy atom. The molecule has 2 heterocycles. The number of rotatable bonds is 4. The molecule has 1 aliphatic heterocycles. The van der Waals surface area contributed by atoms with Gasteiger partial charge in [0.25, 0.3) is 0 Å². The third-order valence-corrected chi connectivity index (χ3v) is 3.60. The summed E-state index contributed by atoms with van der Waals surface area (Å²) >= 11 is 0. The van der Waals surface area contributed by atoms with Crippen molar-refractivity contribution in [1.29, 1.82) is 0 Å². The van der Waals surface area contributed by atoms with E-state index in [0.29, 0.717) is 12.5 Å². The molecule has 112 valence electrons. The quantitative estimate of drug-likeness (QED) is 0.888. The van der Waals surface area contributed by atoms with Crippen molar-refractivity contribution in [2.75, 3.05) is 19.8 Å². The maximum atomic E-state index is 10.3. The standard InChI is InChI=1S/C16H26N2O2/c1-16(2,3)17-11-15(19)14-6-4-5-13(18-14)12-7-9-20-10-8-12/h4-6,12,15,17,19H,7-11H2,1-3H3. The lowest BCUT2D eigenvalue weighted by atomic mass is 9.95. The van der Waals surface area contributed by atoms with Gasteiger partial charge in [0.05, 0.1) is 5.69 Å². The number of nitrogens with zero attached hydrogens (tertiary/aromatic N) is 1. The van der Waals surface area contributed by atoms with E-state index in [-0.39, 0.29) is 5.54 Å². The van der Waals surface area contributed by atoms with Gasteiger partial charge in [-0.1, -0.05) is 6.07 Å². The maximum absolute atomic E-state index is 10.3. The minimum Gasteiger partial charge on any atom is -0.385 e. The molecule has 1 aromatic rings. The molecule has 0 spiro atoms. The molecule has 1 aromatic heterocycles. The molecule has 1 unspecified atom stereocenters. The van der Waals surface area contributed by atoms with Gasteiger partial charge in [0.15, 0.2) is 0 Å². The van der Waals surface area contributed by atoms with Crippen LogP contribution in [0.2, 0.25) is 0 Å². The summed E-state index contributed by atoms with van der Waals surface area (Å²) in [6.45, 7) is 8.41. The Bertz CT molecular complexity index is 423. The topological polar surface area (TPSA) is 54.4 Å². The number of aliphatic hydroxyl groups excluding tert-OH is 1. The van der Waals surface area contributed by atoms with Gasteiger partial charge in [-0.25, -0.2) is 0 Å². The van der Waals surface area contributed by atoms with Gasteiger partial charge in [-0.3, -0.25) is 4.98 Å². The third-order valence-electron chi connectivity index (χ3n) is 3.60. The van der Waals surface area contributed by atoms with E-state index in [1.54, 1.807) is 0 Å². The van der Waals surface area contributed by atoms with Gasteiger partial charge in [0.1, 0.15) is 6.10 Å². The monoisotopic (exact) mass is 278 g/mol. The van der Waals surface area contributed by atoms with E-state index in [0.717, 1.165) is 37.4 Å². The Kier molecular flexibility index (Phi) is 5.13. The van der Waals surface area contributed by atoms with Crippen LogP contribution in [0, 0.1) is 0 Å². The molecule has 0 aliphatic carbocycles. The fourth-order valence-electron chi connectivity index (χ4n) is 2.38. The largest absolute Gasteiger partial charge is 0.385 e. The van der Waals surface area contributed by atoms with Crippen LogP contribution in [0.3, 0.4) is 0 Å². The number of hydrogen-bond acceptors (Lipinski definition) is 4. The van der Waals surface area contributed by atoms with Crippen LogP contribution in [0.1, 0.15) is 57.0 Å². The van der Waals surface area contributed by atoms with Crippen LogP contribution >= 0.6 is 0 Å². The number of pyridine rings is 1. The lowest BCUT2D eigenvalue weighted by Crippen LogP contribution is -2.38. The van der Waals surface area contributed by atoms with E-state index in [2.05, 4.69) is 37.1 Å². The van der Waals surface area contributed by atoms with Crippen molar-refractivity contribution >= 4 is 0 Å². The molecule has 20 heavy (non-hydrogen) atoms. The highest BCUT2D eigenvalue weighted by Gasteiger charge is 2.19. The summed E-state index contributed by atoms with van der Waals surface area (Å²) in [5.74, 6) is 0.464. The number of aromatic nitrogens is 1. The van der Waals surface area contributed by atoms with E-state index in [1.807, 2.05) is 12.1 Å². The summed E-state index contributed by atoms with van der Waals surface area (Å²) in [7, 11) is 0. The lowest BCUT2D eigenvalue weighted by Gasteiger charge is -2.24. The summed E-state index contributed by atoms with van der Waals surface area (Å²) in [6, 6.07) is 5.95. The van der Waals surface area contributed by atoms with Gasteiger partial charge < -0.3 is 15.2 Å². The van der Waals surface area contributed by atoms with E-state index in [4.69, 9.17) is 4.74 Å². The first-order chi connectivity index (χ1) is 9.46. The van der Waals surface area contributed by atoms with Crippen LogP contribution in [-0.2, 0) is 4.74 Å². The normalized spacial score (nSPS) is 19.0. The maximum Gasteiger partial charge on any atom is 0.108 e. The van der Waals surface area contributed by atoms with Crippen molar-refractivity contribution in [2.45, 2.75) is 51.2 Å². The van der Waals surface area contributed by atoms with Crippen LogP contribution < -0.4 is 5.32 Å². The first kappa shape index (κ1) is 15.4. The van der Waals surface area contributed by atoms with E-state index < -0.39 is 6.10 Å². The van der Waals surface area contributed by atoms with Gasteiger partial charge in [0.2, 0.25) is 0 Å². The van der Waals surface area contributed by atoms with Crippen molar-refractivity contribution < 1.29 is 9.84 Å². The van der Waals surface area contributed by atoms with Crippen molar-refractivity contribution in [3.05, 3.63) is 29.6 Å². The zero-order chi connectivity index (χ0) is 14.6. The predicted molar refractivity (Wildman–Crippen MR) is 79.7 cm³/mol. The summed E-state index contributed by atoms with van der Waals surface area (Å²) < 4.78 is 5.39.